The fourth-order valence-electron chi connectivity index (χ4n) is 2.11. The Labute approximate surface area is 101 Å². The van der Waals surface area contributed by atoms with Gasteiger partial charge in [0.1, 0.15) is 5.82 Å². The molecular weight excluding hydrogens is 221 g/mol. The molecule has 1 saturated carbocycles. The number of benzene rings is 1. The average Bonchev–Trinajstić information content (AvgIpc) is 2.82. The largest absolute Gasteiger partial charge is 0.387 e. The van der Waals surface area contributed by atoms with Crippen molar-refractivity contribution in [2.75, 3.05) is 6.54 Å². The molecule has 0 spiro atoms. The van der Waals surface area contributed by atoms with E-state index in [1.165, 1.54) is 18.9 Å². The van der Waals surface area contributed by atoms with Crippen LogP contribution in [0.2, 0.25) is 0 Å². The highest BCUT2D eigenvalue weighted by atomic mass is 19.1. The maximum atomic E-state index is 13.3. The summed E-state index contributed by atoms with van der Waals surface area (Å²) >= 11 is 0. The Bertz CT molecular complexity index is 353. The predicted octanol–water partition coefficient (Wildman–Crippen LogP) is 2.32. The average molecular weight is 239 g/mol. The van der Waals surface area contributed by atoms with Crippen molar-refractivity contribution < 1.29 is 14.3 Å². The first-order valence-electron chi connectivity index (χ1n) is 6.08. The molecular formula is C13H18FNO2. The molecule has 1 aromatic carbocycles. The fourth-order valence-corrected chi connectivity index (χ4v) is 2.11. The zero-order valence-corrected chi connectivity index (χ0v) is 9.73. The molecule has 1 aromatic rings. The Hall–Kier alpha value is -0.970. The Morgan fingerprint density at radius 3 is 2.76 bits per heavy atom. The second-order valence-corrected chi connectivity index (χ2v) is 4.41. The number of hydroxylamine groups is 1. The second kappa shape index (κ2) is 6.10. The van der Waals surface area contributed by atoms with E-state index in [1.54, 1.807) is 18.2 Å². The highest BCUT2D eigenvalue weighted by molar-refractivity contribution is 5.19. The normalized spacial score (nSPS) is 18.5. The molecule has 1 atom stereocenters. The van der Waals surface area contributed by atoms with Gasteiger partial charge in [-0.25, -0.2) is 4.39 Å². The van der Waals surface area contributed by atoms with Crippen LogP contribution in [0.5, 0.6) is 0 Å². The van der Waals surface area contributed by atoms with Gasteiger partial charge in [-0.15, -0.1) is 0 Å². The lowest BCUT2D eigenvalue weighted by Crippen LogP contribution is -2.26. The number of aliphatic hydroxyl groups is 1. The molecule has 17 heavy (non-hydrogen) atoms. The van der Waals surface area contributed by atoms with Gasteiger partial charge in [-0.1, -0.05) is 31.0 Å². The third kappa shape index (κ3) is 3.49. The van der Waals surface area contributed by atoms with Crippen LogP contribution in [0, 0.1) is 5.82 Å². The zero-order valence-electron chi connectivity index (χ0n) is 9.73. The minimum atomic E-state index is -0.877. The molecule has 0 bridgehead atoms. The first kappa shape index (κ1) is 12.5. The lowest BCUT2D eigenvalue weighted by Gasteiger charge is -2.15. The summed E-state index contributed by atoms with van der Waals surface area (Å²) in [5.41, 5.74) is 3.04. The van der Waals surface area contributed by atoms with E-state index in [0.717, 1.165) is 12.8 Å². The lowest BCUT2D eigenvalue weighted by atomic mass is 10.1. The molecule has 0 saturated heterocycles. The molecule has 0 aromatic heterocycles. The molecule has 0 amide bonds. The minimum absolute atomic E-state index is 0.206. The van der Waals surface area contributed by atoms with E-state index in [-0.39, 0.29) is 18.5 Å². The van der Waals surface area contributed by atoms with Gasteiger partial charge in [0.15, 0.2) is 0 Å². The van der Waals surface area contributed by atoms with E-state index in [0.29, 0.717) is 5.56 Å². The van der Waals surface area contributed by atoms with Gasteiger partial charge in [0, 0.05) is 5.56 Å². The topological polar surface area (TPSA) is 41.5 Å². The zero-order chi connectivity index (χ0) is 12.1. The summed E-state index contributed by atoms with van der Waals surface area (Å²) in [7, 11) is 0. The van der Waals surface area contributed by atoms with E-state index in [2.05, 4.69) is 5.48 Å². The quantitative estimate of drug-likeness (QED) is 0.775. The number of rotatable bonds is 5. The van der Waals surface area contributed by atoms with Crippen LogP contribution < -0.4 is 5.48 Å². The molecule has 1 unspecified atom stereocenters. The number of aliphatic hydroxyl groups excluding tert-OH is 1. The van der Waals surface area contributed by atoms with Crippen LogP contribution in [0.4, 0.5) is 4.39 Å². The lowest BCUT2D eigenvalue weighted by molar-refractivity contribution is -0.0375. The van der Waals surface area contributed by atoms with Crippen molar-refractivity contribution in [3.8, 4) is 0 Å². The van der Waals surface area contributed by atoms with Crippen molar-refractivity contribution in [3.63, 3.8) is 0 Å². The number of hydrogen-bond donors (Lipinski definition) is 2. The molecule has 0 radical (unpaired) electrons. The summed E-state index contributed by atoms with van der Waals surface area (Å²) in [4.78, 5) is 5.40. The van der Waals surface area contributed by atoms with Gasteiger partial charge in [-0.3, -0.25) is 4.84 Å². The van der Waals surface area contributed by atoms with Crippen molar-refractivity contribution in [3.05, 3.63) is 35.6 Å². The molecule has 1 fully saturated rings. The molecule has 0 aliphatic heterocycles. The molecule has 0 heterocycles. The summed E-state index contributed by atoms with van der Waals surface area (Å²) < 4.78 is 13.3. The molecule has 2 N–H and O–H groups in total. The highest BCUT2D eigenvalue weighted by Gasteiger charge is 2.17. The number of nitrogens with one attached hydrogen (secondary N) is 1. The maximum Gasteiger partial charge on any atom is 0.129 e. The molecule has 2 rings (SSSR count). The Morgan fingerprint density at radius 2 is 2.06 bits per heavy atom. The summed E-state index contributed by atoms with van der Waals surface area (Å²) in [6.07, 6.45) is 3.87. The standard InChI is InChI=1S/C13H18FNO2/c14-12-8-4-3-7-11(12)13(16)9-15-17-10-5-1-2-6-10/h3-4,7-8,10,13,15-16H,1-2,5-6,9H2. The monoisotopic (exact) mass is 239 g/mol. The van der Waals surface area contributed by atoms with Gasteiger partial charge in [-0.2, -0.15) is 5.48 Å². The van der Waals surface area contributed by atoms with Crippen LogP contribution in [0.3, 0.4) is 0 Å². The van der Waals surface area contributed by atoms with Crippen LogP contribution in [0.25, 0.3) is 0 Å². The van der Waals surface area contributed by atoms with Gasteiger partial charge >= 0.3 is 0 Å². The van der Waals surface area contributed by atoms with Crippen LogP contribution in [0.15, 0.2) is 24.3 Å². The van der Waals surface area contributed by atoms with Crippen molar-refractivity contribution in [2.45, 2.75) is 37.9 Å². The smallest absolute Gasteiger partial charge is 0.129 e. The Kier molecular flexibility index (Phi) is 4.48. The van der Waals surface area contributed by atoms with E-state index in [9.17, 15) is 9.50 Å². The highest BCUT2D eigenvalue weighted by Crippen LogP contribution is 2.20. The SMILES string of the molecule is OC(CNOC1CCCC1)c1ccccc1F. The van der Waals surface area contributed by atoms with Crippen molar-refractivity contribution in [2.24, 2.45) is 0 Å². The Morgan fingerprint density at radius 1 is 1.35 bits per heavy atom. The second-order valence-electron chi connectivity index (χ2n) is 4.41. The maximum absolute atomic E-state index is 13.3. The third-order valence-corrected chi connectivity index (χ3v) is 3.09. The predicted molar refractivity (Wildman–Crippen MR) is 62.7 cm³/mol. The van der Waals surface area contributed by atoms with Crippen LogP contribution >= 0.6 is 0 Å². The molecule has 3 nitrogen and oxygen atoms in total. The fraction of sp³-hybridized carbons (Fsp3) is 0.538. The van der Waals surface area contributed by atoms with Crippen molar-refractivity contribution in [1.29, 1.82) is 0 Å². The molecule has 94 valence electrons. The van der Waals surface area contributed by atoms with Crippen molar-refractivity contribution >= 4 is 0 Å². The Balaban J connectivity index is 1.77. The van der Waals surface area contributed by atoms with E-state index in [4.69, 9.17) is 4.84 Å². The molecule has 4 heteroatoms. The van der Waals surface area contributed by atoms with E-state index >= 15 is 0 Å². The molecule has 1 aliphatic rings. The van der Waals surface area contributed by atoms with Gasteiger partial charge < -0.3 is 5.11 Å². The molecule has 1 aliphatic carbocycles. The summed E-state index contributed by atoms with van der Waals surface area (Å²) in [6, 6.07) is 6.24. The summed E-state index contributed by atoms with van der Waals surface area (Å²) in [5, 5.41) is 9.79. The van der Waals surface area contributed by atoms with Crippen LogP contribution in [0.1, 0.15) is 37.4 Å². The minimum Gasteiger partial charge on any atom is -0.387 e. The third-order valence-electron chi connectivity index (χ3n) is 3.09. The van der Waals surface area contributed by atoms with Gasteiger partial charge in [0.25, 0.3) is 0 Å². The first-order chi connectivity index (χ1) is 8.27. The number of halogens is 1. The van der Waals surface area contributed by atoms with Gasteiger partial charge in [0.05, 0.1) is 18.8 Å². The first-order valence-corrected chi connectivity index (χ1v) is 6.08. The van der Waals surface area contributed by atoms with E-state index < -0.39 is 6.10 Å². The summed E-state index contributed by atoms with van der Waals surface area (Å²) in [5.74, 6) is -0.386. The van der Waals surface area contributed by atoms with Crippen molar-refractivity contribution in [1.82, 2.24) is 5.48 Å². The summed E-state index contributed by atoms with van der Waals surface area (Å²) in [6.45, 7) is 0.206. The van der Waals surface area contributed by atoms with E-state index in [1.807, 2.05) is 0 Å². The van der Waals surface area contributed by atoms with Gasteiger partial charge in [-0.05, 0) is 18.9 Å². The van der Waals surface area contributed by atoms with Crippen LogP contribution in [-0.4, -0.2) is 17.8 Å². The van der Waals surface area contributed by atoms with Crippen LogP contribution in [-0.2, 0) is 4.84 Å². The number of hydrogen-bond acceptors (Lipinski definition) is 3. The van der Waals surface area contributed by atoms with Gasteiger partial charge in [0.2, 0.25) is 0 Å².